The predicted molar refractivity (Wildman–Crippen MR) is 124 cm³/mol. The van der Waals surface area contributed by atoms with Gasteiger partial charge in [-0.25, -0.2) is 0 Å². The lowest BCUT2D eigenvalue weighted by Crippen LogP contribution is -2.44. The first-order chi connectivity index (χ1) is 16.6. The first-order valence-corrected chi connectivity index (χ1v) is 12.0. The number of likely N-dealkylation sites (tertiary alicyclic amines) is 1. The third-order valence-corrected chi connectivity index (χ3v) is 6.77. The standard InChI is InChI=1S/C23H26F6N4O2S/c1-13(20(34)32(2)3)30-19-18(36-21(35)31-19)10-14-6-8-33(9-7-14)12-15-4-5-16(22(24,25)26)11-17(15)23(27,28)29/h4-5,10-11,13-14H,6-9,12H2,1-3H3,(H,30,31,35)/b18-10-/t13-/m1/s1. The maximum Gasteiger partial charge on any atom is 0.416 e. The lowest BCUT2D eigenvalue weighted by molar-refractivity contribution is -0.143. The Kier molecular flexibility index (Phi) is 8.44. The van der Waals surface area contributed by atoms with Crippen molar-refractivity contribution in [2.24, 2.45) is 10.9 Å². The number of amidine groups is 1. The van der Waals surface area contributed by atoms with E-state index in [0.717, 1.165) is 17.8 Å². The highest BCUT2D eigenvalue weighted by Crippen LogP contribution is 2.38. The fourth-order valence-corrected chi connectivity index (χ4v) is 4.86. The van der Waals surface area contributed by atoms with Crippen LogP contribution in [0.4, 0.5) is 31.1 Å². The Labute approximate surface area is 208 Å². The summed E-state index contributed by atoms with van der Waals surface area (Å²) in [4.78, 5) is 31.7. The minimum absolute atomic E-state index is 0.0243. The van der Waals surface area contributed by atoms with Crippen LogP contribution in [0.25, 0.3) is 0 Å². The number of likely N-dealkylation sites (N-methyl/N-ethyl adjacent to an activating group) is 1. The number of thioether (sulfide) groups is 1. The van der Waals surface area contributed by atoms with E-state index in [-0.39, 0.29) is 30.0 Å². The minimum Gasteiger partial charge on any atom is -0.358 e. The Morgan fingerprint density at radius 1 is 1.19 bits per heavy atom. The van der Waals surface area contributed by atoms with Crippen LogP contribution in [0, 0.1) is 5.92 Å². The number of piperidine rings is 1. The maximum atomic E-state index is 13.4. The van der Waals surface area contributed by atoms with E-state index >= 15 is 0 Å². The molecule has 2 aliphatic heterocycles. The summed E-state index contributed by atoms with van der Waals surface area (Å²) < 4.78 is 79.1. The zero-order valence-corrected chi connectivity index (χ0v) is 20.7. The van der Waals surface area contributed by atoms with Gasteiger partial charge in [0.25, 0.3) is 0 Å². The number of hydrogen-bond donors (Lipinski definition) is 1. The number of nitrogens with zero attached hydrogens (tertiary/aromatic N) is 3. The number of amides is 2. The van der Waals surface area contributed by atoms with Crippen LogP contribution in [0.3, 0.4) is 0 Å². The Bertz CT molecular complexity index is 1060. The van der Waals surface area contributed by atoms with E-state index in [1.165, 1.54) is 4.90 Å². The van der Waals surface area contributed by atoms with Crippen LogP contribution in [0.2, 0.25) is 0 Å². The van der Waals surface area contributed by atoms with Crippen molar-refractivity contribution in [3.8, 4) is 0 Å². The number of aliphatic imine (C=N–C) groups is 1. The number of allylic oxidation sites excluding steroid dienone is 1. The second-order valence-electron chi connectivity index (χ2n) is 8.94. The average Bonchev–Trinajstić information content (AvgIpc) is 3.11. The predicted octanol–water partition coefficient (Wildman–Crippen LogP) is 5.15. The molecule has 0 radical (unpaired) electrons. The molecule has 0 saturated carbocycles. The topological polar surface area (TPSA) is 65.0 Å². The Hall–Kier alpha value is -2.54. The van der Waals surface area contributed by atoms with Gasteiger partial charge in [-0.1, -0.05) is 12.1 Å². The second-order valence-corrected chi connectivity index (χ2v) is 9.93. The van der Waals surface area contributed by atoms with E-state index in [1.54, 1.807) is 25.9 Å². The highest BCUT2D eigenvalue weighted by Gasteiger charge is 2.38. The molecule has 1 aromatic rings. The van der Waals surface area contributed by atoms with E-state index < -0.39 is 34.8 Å². The molecular weight excluding hydrogens is 510 g/mol. The van der Waals surface area contributed by atoms with Crippen LogP contribution in [-0.4, -0.2) is 60.0 Å². The summed E-state index contributed by atoms with van der Waals surface area (Å²) in [6.45, 7) is 2.40. The normalized spacial score (nSPS) is 20.0. The van der Waals surface area contributed by atoms with Gasteiger partial charge in [0.15, 0.2) is 0 Å². The van der Waals surface area contributed by atoms with Crippen molar-refractivity contribution in [2.75, 3.05) is 27.2 Å². The summed E-state index contributed by atoms with van der Waals surface area (Å²) in [6, 6.07) is 1.13. The van der Waals surface area contributed by atoms with Crippen molar-refractivity contribution in [3.05, 3.63) is 45.9 Å². The van der Waals surface area contributed by atoms with Crippen molar-refractivity contribution < 1.29 is 35.9 Å². The highest BCUT2D eigenvalue weighted by molar-refractivity contribution is 8.18. The van der Waals surface area contributed by atoms with Crippen molar-refractivity contribution in [2.45, 2.75) is 44.7 Å². The van der Waals surface area contributed by atoms with Gasteiger partial charge in [0.2, 0.25) is 5.91 Å². The number of hydrogen-bond acceptors (Lipinski definition) is 5. The molecule has 2 heterocycles. The fraction of sp³-hybridized carbons (Fsp3) is 0.522. The fourth-order valence-electron chi connectivity index (χ4n) is 4.07. The van der Waals surface area contributed by atoms with E-state index in [2.05, 4.69) is 10.3 Å². The van der Waals surface area contributed by atoms with Crippen LogP contribution in [0.5, 0.6) is 0 Å². The monoisotopic (exact) mass is 536 g/mol. The zero-order chi connectivity index (χ0) is 26.8. The summed E-state index contributed by atoms with van der Waals surface area (Å²) >= 11 is 0.941. The van der Waals surface area contributed by atoms with Gasteiger partial charge in [-0.3, -0.25) is 14.5 Å². The van der Waals surface area contributed by atoms with Crippen LogP contribution >= 0.6 is 11.8 Å². The minimum atomic E-state index is -4.90. The molecule has 0 unspecified atom stereocenters. The van der Waals surface area contributed by atoms with Crippen molar-refractivity contribution >= 4 is 28.7 Å². The van der Waals surface area contributed by atoms with Crippen LogP contribution < -0.4 is 5.32 Å². The summed E-state index contributed by atoms with van der Waals surface area (Å²) in [5.74, 6) is 0.155. The Morgan fingerprint density at radius 3 is 2.39 bits per heavy atom. The molecule has 1 atom stereocenters. The molecule has 1 saturated heterocycles. The average molecular weight is 537 g/mol. The molecular formula is C23H26F6N4O2S. The number of nitrogens with one attached hydrogen (secondary N) is 1. The quantitative estimate of drug-likeness (QED) is 0.528. The number of carbonyl (C=O) groups is 2. The molecule has 36 heavy (non-hydrogen) atoms. The van der Waals surface area contributed by atoms with E-state index in [0.29, 0.717) is 42.7 Å². The molecule has 2 aliphatic rings. The van der Waals surface area contributed by atoms with Gasteiger partial charge in [-0.2, -0.15) is 31.3 Å². The molecule has 1 N–H and O–H groups in total. The number of alkyl halides is 6. The van der Waals surface area contributed by atoms with Gasteiger partial charge in [-0.15, -0.1) is 0 Å². The number of halogens is 6. The first kappa shape index (κ1) is 28.0. The van der Waals surface area contributed by atoms with Gasteiger partial charge in [-0.05, 0) is 68.2 Å². The lowest BCUT2D eigenvalue weighted by Gasteiger charge is -2.31. The summed E-state index contributed by atoms with van der Waals surface area (Å²) in [7, 11) is 3.23. The van der Waals surface area contributed by atoms with E-state index in [4.69, 9.17) is 0 Å². The largest absolute Gasteiger partial charge is 0.416 e. The van der Waals surface area contributed by atoms with Gasteiger partial charge in [0, 0.05) is 20.6 Å². The lowest BCUT2D eigenvalue weighted by atomic mass is 9.95. The molecule has 1 fully saturated rings. The molecule has 198 valence electrons. The maximum absolute atomic E-state index is 13.4. The number of rotatable bonds is 5. The SMILES string of the molecule is C[C@@H](NC1=NC(=O)S/C1=C\C1CCN(Cc2ccc(C(F)(F)F)cc2C(F)(F)F)CC1)C(=O)N(C)C. The van der Waals surface area contributed by atoms with E-state index in [1.807, 2.05) is 6.08 Å². The molecule has 1 aromatic carbocycles. The zero-order valence-electron chi connectivity index (χ0n) is 19.8. The van der Waals surface area contributed by atoms with Crippen molar-refractivity contribution in [1.82, 2.24) is 15.1 Å². The third-order valence-electron chi connectivity index (χ3n) is 5.95. The summed E-state index contributed by atoms with van der Waals surface area (Å²) in [5, 5.41) is 2.55. The Balaban J connectivity index is 1.65. The Morgan fingerprint density at radius 2 is 1.83 bits per heavy atom. The molecule has 0 bridgehead atoms. The molecule has 13 heteroatoms. The summed E-state index contributed by atoms with van der Waals surface area (Å²) in [5.41, 5.74) is -2.82. The molecule has 0 aromatic heterocycles. The van der Waals surface area contributed by atoms with Gasteiger partial charge >= 0.3 is 17.6 Å². The van der Waals surface area contributed by atoms with Gasteiger partial charge in [0.05, 0.1) is 16.0 Å². The van der Waals surface area contributed by atoms with Gasteiger partial charge < -0.3 is 10.2 Å². The molecule has 3 rings (SSSR count). The van der Waals surface area contributed by atoms with Crippen LogP contribution in [0.15, 0.2) is 34.2 Å². The second kappa shape index (κ2) is 10.8. The van der Waals surface area contributed by atoms with Gasteiger partial charge in [0.1, 0.15) is 11.9 Å². The number of carbonyl (C=O) groups excluding carboxylic acids is 2. The highest BCUT2D eigenvalue weighted by atomic mass is 32.2. The van der Waals surface area contributed by atoms with E-state index in [9.17, 15) is 35.9 Å². The van der Waals surface area contributed by atoms with Crippen LogP contribution in [-0.2, 0) is 23.7 Å². The van der Waals surface area contributed by atoms with Crippen molar-refractivity contribution in [1.29, 1.82) is 0 Å². The molecule has 6 nitrogen and oxygen atoms in total. The van der Waals surface area contributed by atoms with Crippen LogP contribution in [0.1, 0.15) is 36.5 Å². The first-order valence-electron chi connectivity index (χ1n) is 11.1. The summed E-state index contributed by atoms with van der Waals surface area (Å²) in [6.07, 6.45) is -6.72. The van der Waals surface area contributed by atoms with Crippen molar-refractivity contribution in [3.63, 3.8) is 0 Å². The molecule has 0 spiro atoms. The molecule has 2 amide bonds. The third kappa shape index (κ3) is 7.02. The number of benzene rings is 1. The molecule has 0 aliphatic carbocycles. The smallest absolute Gasteiger partial charge is 0.358 e.